The molecule has 2 amide bonds. The van der Waals surface area contributed by atoms with Crippen molar-refractivity contribution in [1.29, 1.82) is 0 Å². The van der Waals surface area contributed by atoms with E-state index < -0.39 is 23.9 Å². The molecule has 0 radical (unpaired) electrons. The van der Waals surface area contributed by atoms with Gasteiger partial charge in [-0.05, 0) is 72.3 Å². The molecule has 6 rings (SSSR count). The van der Waals surface area contributed by atoms with Gasteiger partial charge in [-0.3, -0.25) is 4.79 Å². The molecule has 49 heavy (non-hydrogen) atoms. The number of rotatable bonds is 13. The largest absolute Gasteiger partial charge is 0.489 e. The van der Waals surface area contributed by atoms with Crippen LogP contribution in [0.4, 0.5) is 23.7 Å². The lowest BCUT2D eigenvalue weighted by Gasteiger charge is -2.23. The van der Waals surface area contributed by atoms with E-state index in [4.69, 9.17) is 9.84 Å². The maximum absolute atomic E-state index is 13.8. The van der Waals surface area contributed by atoms with Crippen molar-refractivity contribution in [3.63, 3.8) is 0 Å². The lowest BCUT2D eigenvalue weighted by atomic mass is 9.97. The van der Waals surface area contributed by atoms with Gasteiger partial charge in [0.2, 0.25) is 0 Å². The number of ether oxygens (including phenoxy) is 1. The number of hydrogen-bond donors (Lipinski definition) is 4. The van der Waals surface area contributed by atoms with Crippen molar-refractivity contribution in [2.24, 2.45) is 5.92 Å². The van der Waals surface area contributed by atoms with Crippen LogP contribution < -0.4 is 20.7 Å². The summed E-state index contributed by atoms with van der Waals surface area (Å²) in [5.74, 6) is 0.478. The Kier molecular flexibility index (Phi) is 9.95. The number of carboxylic acid groups (broad SMARTS) is 1. The summed E-state index contributed by atoms with van der Waals surface area (Å²) >= 11 is 0. The Labute approximate surface area is 280 Å². The van der Waals surface area contributed by atoms with Crippen molar-refractivity contribution in [3.05, 3.63) is 143 Å². The Balaban J connectivity index is 1.28. The van der Waals surface area contributed by atoms with Crippen LogP contribution in [0.5, 0.6) is 5.75 Å². The van der Waals surface area contributed by atoms with Crippen molar-refractivity contribution in [2.75, 3.05) is 11.9 Å². The van der Waals surface area contributed by atoms with Crippen LogP contribution in [0.25, 0.3) is 5.69 Å². The summed E-state index contributed by atoms with van der Waals surface area (Å²) in [6.45, 7) is 1.09. The monoisotopic (exact) mass is 669 g/mol. The van der Waals surface area contributed by atoms with Crippen LogP contribution in [0.15, 0.2) is 109 Å². The zero-order chi connectivity index (χ0) is 34.4. The second-order valence-electron chi connectivity index (χ2n) is 11.8. The Morgan fingerprint density at radius 2 is 1.63 bits per heavy atom. The van der Waals surface area contributed by atoms with Crippen molar-refractivity contribution in [2.45, 2.75) is 38.2 Å². The first-order valence-corrected chi connectivity index (χ1v) is 15.8. The highest BCUT2D eigenvalue weighted by Gasteiger charge is 2.36. The SMILES string of the molecule is O=C(O)NCc1cccc(-n2nc(C(F)(F)F)cc2C(=O)Nc2cccc(C(NCC3CC3)c3ccccc3OCc3ccccc3)c2)c1. The number of hydrogen-bond acceptors (Lipinski definition) is 5. The van der Waals surface area contributed by atoms with Crippen LogP contribution in [-0.4, -0.2) is 33.4 Å². The van der Waals surface area contributed by atoms with E-state index in [0.717, 1.165) is 40.8 Å². The number of anilines is 1. The molecule has 0 saturated heterocycles. The number of carbonyl (C=O) groups excluding carboxylic acids is 1. The molecule has 1 heterocycles. The van der Waals surface area contributed by atoms with Gasteiger partial charge in [0.15, 0.2) is 5.69 Å². The lowest BCUT2D eigenvalue weighted by Crippen LogP contribution is -2.25. The maximum atomic E-state index is 13.8. The minimum Gasteiger partial charge on any atom is -0.489 e. The minimum absolute atomic E-state index is 0.0821. The van der Waals surface area contributed by atoms with Gasteiger partial charge in [-0.15, -0.1) is 0 Å². The van der Waals surface area contributed by atoms with E-state index in [0.29, 0.717) is 35.6 Å². The predicted octanol–water partition coefficient (Wildman–Crippen LogP) is 7.58. The number of halogens is 3. The summed E-state index contributed by atoms with van der Waals surface area (Å²) in [6.07, 6.45) is -3.76. The molecule has 0 bridgehead atoms. The van der Waals surface area contributed by atoms with Crippen molar-refractivity contribution in [1.82, 2.24) is 20.4 Å². The first-order valence-electron chi connectivity index (χ1n) is 15.8. The molecule has 1 fully saturated rings. The lowest BCUT2D eigenvalue weighted by molar-refractivity contribution is -0.141. The molecular formula is C37H34F3N5O4. The number of carbonyl (C=O) groups is 2. The topological polar surface area (TPSA) is 118 Å². The summed E-state index contributed by atoms with van der Waals surface area (Å²) < 4.78 is 48.6. The Hall–Kier alpha value is -5.62. The average molecular weight is 670 g/mol. The van der Waals surface area contributed by atoms with E-state index in [2.05, 4.69) is 21.0 Å². The molecule has 1 saturated carbocycles. The molecule has 9 nitrogen and oxygen atoms in total. The molecule has 5 aromatic rings. The van der Waals surface area contributed by atoms with Gasteiger partial charge in [0.25, 0.3) is 5.91 Å². The highest BCUT2D eigenvalue weighted by Crippen LogP contribution is 2.35. The van der Waals surface area contributed by atoms with E-state index in [-0.39, 0.29) is 24.0 Å². The van der Waals surface area contributed by atoms with Crippen molar-refractivity contribution >= 4 is 17.7 Å². The molecule has 12 heteroatoms. The quantitative estimate of drug-likeness (QED) is 0.103. The number of para-hydroxylation sites is 1. The molecule has 1 atom stereocenters. The summed E-state index contributed by atoms with van der Waals surface area (Å²) in [7, 11) is 0. The van der Waals surface area contributed by atoms with Crippen molar-refractivity contribution < 1.29 is 32.6 Å². The number of amides is 2. The molecule has 4 N–H and O–H groups in total. The number of nitrogens with one attached hydrogen (secondary N) is 3. The average Bonchev–Trinajstić information content (AvgIpc) is 3.81. The molecule has 0 spiro atoms. The maximum Gasteiger partial charge on any atom is 0.435 e. The molecule has 1 unspecified atom stereocenters. The van der Waals surface area contributed by atoms with E-state index in [1.165, 1.54) is 12.1 Å². The first kappa shape index (κ1) is 33.3. The highest BCUT2D eigenvalue weighted by molar-refractivity contribution is 6.03. The smallest absolute Gasteiger partial charge is 0.435 e. The highest BCUT2D eigenvalue weighted by atomic mass is 19.4. The van der Waals surface area contributed by atoms with E-state index in [1.807, 2.05) is 60.7 Å². The number of nitrogens with zero attached hydrogens (tertiary/aromatic N) is 2. The third-order valence-corrected chi connectivity index (χ3v) is 8.08. The van der Waals surface area contributed by atoms with Crippen LogP contribution in [0.3, 0.4) is 0 Å². The third-order valence-electron chi connectivity index (χ3n) is 8.08. The van der Waals surface area contributed by atoms with Crippen LogP contribution in [0.2, 0.25) is 0 Å². The summed E-state index contributed by atoms with van der Waals surface area (Å²) in [6, 6.07) is 31.3. The zero-order valence-electron chi connectivity index (χ0n) is 26.3. The van der Waals surface area contributed by atoms with Gasteiger partial charge in [0.1, 0.15) is 18.1 Å². The second-order valence-corrected chi connectivity index (χ2v) is 11.8. The standard InChI is InChI=1S/C37H34F3N5O4/c38-37(39,40)33-20-31(45(44-33)29-13-6-10-26(18-29)22-42-36(47)48)35(46)43-28-12-7-11-27(19-28)34(41-21-24-16-17-24)30-14-4-5-15-32(30)49-23-25-8-2-1-3-9-25/h1-15,18-20,24,34,41-42H,16-17,21-23H2,(H,43,46)(H,47,48). The Morgan fingerprint density at radius 3 is 2.39 bits per heavy atom. The molecule has 1 aliphatic rings. The van der Waals surface area contributed by atoms with Crippen LogP contribution >= 0.6 is 0 Å². The van der Waals surface area contributed by atoms with E-state index >= 15 is 0 Å². The van der Waals surface area contributed by atoms with Crippen LogP contribution in [0.1, 0.15) is 57.3 Å². The van der Waals surface area contributed by atoms with E-state index in [9.17, 15) is 22.8 Å². The minimum atomic E-state index is -4.81. The number of alkyl halides is 3. The van der Waals surface area contributed by atoms with Crippen molar-refractivity contribution in [3.8, 4) is 11.4 Å². The fourth-order valence-electron chi connectivity index (χ4n) is 5.44. The summed E-state index contributed by atoms with van der Waals surface area (Å²) in [4.78, 5) is 24.6. The Bertz CT molecular complexity index is 1920. The zero-order valence-corrected chi connectivity index (χ0v) is 26.3. The van der Waals surface area contributed by atoms with Crippen LogP contribution in [-0.2, 0) is 19.3 Å². The van der Waals surface area contributed by atoms with Gasteiger partial charge in [0, 0.05) is 23.9 Å². The fraction of sp³-hybridized carbons (Fsp3) is 0.216. The van der Waals surface area contributed by atoms with Gasteiger partial charge < -0.3 is 25.8 Å². The number of aromatic nitrogens is 2. The van der Waals surface area contributed by atoms with Gasteiger partial charge in [0.05, 0.1) is 11.7 Å². The molecule has 252 valence electrons. The van der Waals surface area contributed by atoms with Crippen LogP contribution in [0, 0.1) is 5.92 Å². The normalized spacial score (nSPS) is 13.4. The predicted molar refractivity (Wildman–Crippen MR) is 178 cm³/mol. The molecular weight excluding hydrogens is 635 g/mol. The summed E-state index contributed by atoms with van der Waals surface area (Å²) in [5, 5.41) is 21.3. The van der Waals surface area contributed by atoms with E-state index in [1.54, 1.807) is 30.3 Å². The number of benzene rings is 4. The van der Waals surface area contributed by atoms with Gasteiger partial charge in [-0.1, -0.05) is 72.8 Å². The molecule has 4 aromatic carbocycles. The van der Waals surface area contributed by atoms with Gasteiger partial charge >= 0.3 is 12.3 Å². The second kappa shape index (κ2) is 14.7. The Morgan fingerprint density at radius 1 is 0.898 bits per heavy atom. The van der Waals surface area contributed by atoms with Gasteiger partial charge in [-0.25, -0.2) is 9.48 Å². The molecule has 1 aromatic heterocycles. The molecule has 0 aliphatic heterocycles. The fourth-order valence-corrected chi connectivity index (χ4v) is 5.44. The molecule has 1 aliphatic carbocycles. The summed E-state index contributed by atoms with van der Waals surface area (Å²) in [5.41, 5.74) is 2.20. The first-order chi connectivity index (χ1) is 23.6. The van der Waals surface area contributed by atoms with Gasteiger partial charge in [-0.2, -0.15) is 18.3 Å². The third kappa shape index (κ3) is 8.65.